The van der Waals surface area contributed by atoms with Crippen LogP contribution in [0, 0.1) is 0 Å². The molecule has 0 amide bonds. The van der Waals surface area contributed by atoms with Gasteiger partial charge >= 0.3 is 0 Å². The SMILES string of the molecule is c1ccc(-c2nc(-c3ccc(-c4c5ccccc5cc5c4ccc4ccccc45)cc3)cc(-c3cc4ccccc4c4ccccc34)n2)cc1. The first kappa shape index (κ1) is 28.4. The summed E-state index contributed by atoms with van der Waals surface area (Å²) in [5.41, 5.74) is 7.39. The molecule has 9 aromatic carbocycles. The maximum absolute atomic E-state index is 5.20. The average molecular weight is 635 g/mol. The Morgan fingerprint density at radius 3 is 1.60 bits per heavy atom. The molecule has 0 N–H and O–H groups in total. The molecule has 0 aliphatic heterocycles. The van der Waals surface area contributed by atoms with E-state index in [1.165, 1.54) is 65.0 Å². The number of rotatable bonds is 4. The van der Waals surface area contributed by atoms with Gasteiger partial charge < -0.3 is 0 Å². The lowest BCUT2D eigenvalue weighted by atomic mass is 9.89. The lowest BCUT2D eigenvalue weighted by molar-refractivity contribution is 1.19. The molecule has 2 heteroatoms. The standard InChI is InChI=1S/C48H30N2/c1-2-13-34(14-3-1)48-49-45(30-46(50-48)44-29-35-15-5-8-18-38(35)40-20-10-11-21-41(40)44)32-22-24-33(25-23-32)47-39-19-9-6-16-36(39)28-43-37-17-7-4-12-31(37)26-27-42(43)47/h1-30H. The summed E-state index contributed by atoms with van der Waals surface area (Å²) in [6.45, 7) is 0. The molecule has 0 unspecified atom stereocenters. The summed E-state index contributed by atoms with van der Waals surface area (Å²) in [5.74, 6) is 0.714. The summed E-state index contributed by atoms with van der Waals surface area (Å²) in [6, 6.07) is 65.1. The van der Waals surface area contributed by atoms with E-state index in [0.29, 0.717) is 5.82 Å². The molecule has 10 rings (SSSR count). The van der Waals surface area contributed by atoms with Crippen LogP contribution in [0.4, 0.5) is 0 Å². The van der Waals surface area contributed by atoms with Crippen LogP contribution in [0.2, 0.25) is 0 Å². The van der Waals surface area contributed by atoms with Crippen molar-refractivity contribution in [3.63, 3.8) is 0 Å². The van der Waals surface area contributed by atoms with Crippen molar-refractivity contribution in [3.05, 3.63) is 182 Å². The first-order valence-electron chi connectivity index (χ1n) is 17.1. The van der Waals surface area contributed by atoms with E-state index in [9.17, 15) is 0 Å². The van der Waals surface area contributed by atoms with Crippen molar-refractivity contribution in [1.29, 1.82) is 0 Å². The van der Waals surface area contributed by atoms with Crippen LogP contribution < -0.4 is 0 Å². The second kappa shape index (κ2) is 11.5. The van der Waals surface area contributed by atoms with Crippen LogP contribution >= 0.6 is 0 Å². The molecule has 0 saturated carbocycles. The number of benzene rings is 9. The van der Waals surface area contributed by atoms with Crippen molar-refractivity contribution in [2.45, 2.75) is 0 Å². The molecule has 10 aromatic rings. The zero-order valence-electron chi connectivity index (χ0n) is 27.2. The van der Waals surface area contributed by atoms with E-state index in [1.807, 2.05) is 18.2 Å². The molecule has 1 aromatic heterocycles. The average Bonchev–Trinajstić information content (AvgIpc) is 3.20. The summed E-state index contributed by atoms with van der Waals surface area (Å²) >= 11 is 0. The van der Waals surface area contributed by atoms with Gasteiger partial charge in [-0.05, 0) is 83.2 Å². The van der Waals surface area contributed by atoms with Crippen molar-refractivity contribution in [3.8, 4) is 45.0 Å². The maximum atomic E-state index is 5.20. The molecule has 0 bridgehead atoms. The van der Waals surface area contributed by atoms with Gasteiger partial charge in [-0.1, -0.05) is 164 Å². The van der Waals surface area contributed by atoms with Crippen molar-refractivity contribution >= 4 is 53.9 Å². The summed E-state index contributed by atoms with van der Waals surface area (Å²) < 4.78 is 0. The predicted molar refractivity (Wildman–Crippen MR) is 211 cm³/mol. The van der Waals surface area contributed by atoms with Gasteiger partial charge in [0.25, 0.3) is 0 Å². The van der Waals surface area contributed by atoms with Gasteiger partial charge in [0.1, 0.15) is 0 Å². The van der Waals surface area contributed by atoms with Crippen LogP contribution in [-0.2, 0) is 0 Å². The molecule has 0 fully saturated rings. The van der Waals surface area contributed by atoms with Gasteiger partial charge in [-0.3, -0.25) is 0 Å². The second-order valence-electron chi connectivity index (χ2n) is 13.0. The second-order valence-corrected chi connectivity index (χ2v) is 13.0. The first-order chi connectivity index (χ1) is 24.8. The van der Waals surface area contributed by atoms with E-state index in [2.05, 4.69) is 164 Å². The third-order valence-electron chi connectivity index (χ3n) is 10.0. The molecule has 232 valence electrons. The molecule has 0 spiro atoms. The minimum Gasteiger partial charge on any atom is -0.228 e. The van der Waals surface area contributed by atoms with Crippen LogP contribution in [-0.4, -0.2) is 9.97 Å². The van der Waals surface area contributed by atoms with Gasteiger partial charge in [0.05, 0.1) is 11.4 Å². The summed E-state index contributed by atoms with van der Waals surface area (Å²) in [4.78, 5) is 10.4. The fraction of sp³-hybridized carbons (Fsp3) is 0. The van der Waals surface area contributed by atoms with E-state index in [4.69, 9.17) is 9.97 Å². The number of nitrogens with zero attached hydrogens (tertiary/aromatic N) is 2. The lowest BCUT2D eigenvalue weighted by Gasteiger charge is -2.15. The molecule has 0 atom stereocenters. The Morgan fingerprint density at radius 2 is 0.840 bits per heavy atom. The van der Waals surface area contributed by atoms with Crippen molar-refractivity contribution in [2.24, 2.45) is 0 Å². The Balaban J connectivity index is 1.17. The smallest absolute Gasteiger partial charge is 0.160 e. The quantitative estimate of drug-likeness (QED) is 0.142. The topological polar surface area (TPSA) is 25.8 Å². The Labute approximate surface area is 290 Å². The zero-order chi connectivity index (χ0) is 33.0. The Bertz CT molecular complexity index is 2910. The van der Waals surface area contributed by atoms with Crippen LogP contribution in [0.15, 0.2) is 182 Å². The van der Waals surface area contributed by atoms with E-state index in [-0.39, 0.29) is 0 Å². The third kappa shape index (κ3) is 4.65. The Morgan fingerprint density at radius 1 is 0.280 bits per heavy atom. The minimum atomic E-state index is 0.714. The molecule has 0 saturated heterocycles. The molecular formula is C48H30N2. The van der Waals surface area contributed by atoms with E-state index >= 15 is 0 Å². The largest absolute Gasteiger partial charge is 0.228 e. The summed E-state index contributed by atoms with van der Waals surface area (Å²) in [7, 11) is 0. The summed E-state index contributed by atoms with van der Waals surface area (Å²) in [5, 5.41) is 12.4. The monoisotopic (exact) mass is 634 g/mol. The third-order valence-corrected chi connectivity index (χ3v) is 10.0. The lowest BCUT2D eigenvalue weighted by Crippen LogP contribution is -1.96. The predicted octanol–water partition coefficient (Wildman–Crippen LogP) is 12.9. The van der Waals surface area contributed by atoms with E-state index < -0.39 is 0 Å². The van der Waals surface area contributed by atoms with Gasteiger partial charge in [-0.2, -0.15) is 0 Å². The molecule has 50 heavy (non-hydrogen) atoms. The van der Waals surface area contributed by atoms with Gasteiger partial charge in [-0.25, -0.2) is 9.97 Å². The van der Waals surface area contributed by atoms with Gasteiger partial charge in [0, 0.05) is 16.7 Å². The highest BCUT2D eigenvalue weighted by atomic mass is 14.9. The fourth-order valence-corrected chi connectivity index (χ4v) is 7.65. The fourth-order valence-electron chi connectivity index (χ4n) is 7.65. The highest BCUT2D eigenvalue weighted by molar-refractivity contribution is 6.20. The molecular weight excluding hydrogens is 605 g/mol. The summed E-state index contributed by atoms with van der Waals surface area (Å²) in [6.07, 6.45) is 0. The molecule has 0 aliphatic rings. The van der Waals surface area contributed by atoms with Crippen LogP contribution in [0.5, 0.6) is 0 Å². The Kier molecular flexibility index (Phi) is 6.53. The first-order valence-corrected chi connectivity index (χ1v) is 17.1. The molecule has 0 aliphatic carbocycles. The minimum absolute atomic E-state index is 0.714. The zero-order valence-corrected chi connectivity index (χ0v) is 27.2. The number of hydrogen-bond acceptors (Lipinski definition) is 2. The Hall–Kier alpha value is -6.64. The number of fused-ring (bicyclic) bond motifs is 7. The highest BCUT2D eigenvalue weighted by Gasteiger charge is 2.16. The van der Waals surface area contributed by atoms with Crippen molar-refractivity contribution in [1.82, 2.24) is 9.97 Å². The molecule has 0 radical (unpaired) electrons. The molecule has 1 heterocycles. The van der Waals surface area contributed by atoms with E-state index in [0.717, 1.165) is 28.1 Å². The van der Waals surface area contributed by atoms with Gasteiger partial charge in [0.15, 0.2) is 5.82 Å². The van der Waals surface area contributed by atoms with Crippen molar-refractivity contribution < 1.29 is 0 Å². The normalized spacial score (nSPS) is 11.6. The van der Waals surface area contributed by atoms with Crippen LogP contribution in [0.25, 0.3) is 98.9 Å². The van der Waals surface area contributed by atoms with Crippen LogP contribution in [0.1, 0.15) is 0 Å². The molecule has 2 nitrogen and oxygen atoms in total. The number of hydrogen-bond donors (Lipinski definition) is 0. The highest BCUT2D eigenvalue weighted by Crippen LogP contribution is 2.41. The van der Waals surface area contributed by atoms with E-state index in [1.54, 1.807) is 0 Å². The van der Waals surface area contributed by atoms with Gasteiger partial charge in [-0.15, -0.1) is 0 Å². The number of aromatic nitrogens is 2. The van der Waals surface area contributed by atoms with Crippen LogP contribution in [0.3, 0.4) is 0 Å². The van der Waals surface area contributed by atoms with Gasteiger partial charge in [0.2, 0.25) is 0 Å². The van der Waals surface area contributed by atoms with Crippen molar-refractivity contribution in [2.75, 3.05) is 0 Å². The maximum Gasteiger partial charge on any atom is 0.160 e.